The number of amides is 2. The van der Waals surface area contributed by atoms with E-state index in [0.717, 1.165) is 25.9 Å². The Morgan fingerprint density at radius 1 is 1.00 bits per heavy atom. The van der Waals surface area contributed by atoms with Crippen LogP contribution in [-0.2, 0) is 9.59 Å². The molecule has 22 heavy (non-hydrogen) atoms. The fraction of sp³-hybridized carbons (Fsp3) is 0.438. The van der Waals surface area contributed by atoms with Crippen LogP contribution in [0.15, 0.2) is 24.3 Å². The number of nitrogens with one attached hydrogen (secondary N) is 1. The minimum atomic E-state index is -1.25. The first-order valence-corrected chi connectivity index (χ1v) is 7.45. The number of nitrogens with zero attached hydrogens (tertiary/aromatic N) is 1. The molecule has 1 saturated heterocycles. The van der Waals surface area contributed by atoms with Gasteiger partial charge in [0.15, 0.2) is 0 Å². The van der Waals surface area contributed by atoms with E-state index in [2.05, 4.69) is 5.32 Å². The first-order valence-electron chi connectivity index (χ1n) is 7.45. The van der Waals surface area contributed by atoms with E-state index >= 15 is 0 Å². The van der Waals surface area contributed by atoms with Gasteiger partial charge in [-0.1, -0.05) is 0 Å². The Kier molecular flexibility index (Phi) is 5.52. The molecule has 2 amide bonds. The molecule has 2 rings (SSSR count). The van der Waals surface area contributed by atoms with Crippen molar-refractivity contribution in [1.29, 1.82) is 0 Å². The molecule has 6 nitrogen and oxygen atoms in total. The standard InChI is InChI=1S/C16H20N2O4/c19-14(8-9-15(20)21)17-13-6-4-12(5-7-13)16(22)18-10-2-1-3-11-18/h4-7H,1-3,8-11H2,(H,17,19)(H,20,21)/p-1. The first kappa shape index (κ1) is 16.0. The third-order valence-corrected chi connectivity index (χ3v) is 3.62. The predicted octanol–water partition coefficient (Wildman–Crippen LogP) is 0.781. The summed E-state index contributed by atoms with van der Waals surface area (Å²) in [5, 5.41) is 12.9. The zero-order valence-electron chi connectivity index (χ0n) is 12.3. The topological polar surface area (TPSA) is 89.5 Å². The van der Waals surface area contributed by atoms with Crippen molar-refractivity contribution < 1.29 is 19.5 Å². The second-order valence-corrected chi connectivity index (χ2v) is 5.35. The maximum Gasteiger partial charge on any atom is 0.253 e. The highest BCUT2D eigenvalue weighted by molar-refractivity contribution is 5.96. The molecule has 0 atom stereocenters. The van der Waals surface area contributed by atoms with Crippen molar-refractivity contribution in [2.45, 2.75) is 32.1 Å². The van der Waals surface area contributed by atoms with Crippen molar-refractivity contribution in [1.82, 2.24) is 4.90 Å². The van der Waals surface area contributed by atoms with Crippen LogP contribution in [0.25, 0.3) is 0 Å². The molecule has 1 aromatic rings. The molecule has 1 aliphatic heterocycles. The molecule has 0 radical (unpaired) electrons. The molecule has 118 valence electrons. The van der Waals surface area contributed by atoms with Crippen LogP contribution in [0.1, 0.15) is 42.5 Å². The number of carbonyl (C=O) groups excluding carboxylic acids is 3. The molecule has 0 bridgehead atoms. The summed E-state index contributed by atoms with van der Waals surface area (Å²) >= 11 is 0. The molecule has 1 N–H and O–H groups in total. The Hall–Kier alpha value is -2.37. The summed E-state index contributed by atoms with van der Waals surface area (Å²) in [5.74, 6) is -1.63. The van der Waals surface area contributed by atoms with E-state index in [4.69, 9.17) is 0 Å². The van der Waals surface area contributed by atoms with Gasteiger partial charge in [0.05, 0.1) is 0 Å². The molecule has 0 unspecified atom stereocenters. The van der Waals surface area contributed by atoms with Crippen LogP contribution >= 0.6 is 0 Å². The van der Waals surface area contributed by atoms with E-state index in [0.29, 0.717) is 11.3 Å². The van der Waals surface area contributed by atoms with E-state index in [1.165, 1.54) is 6.42 Å². The fourth-order valence-corrected chi connectivity index (χ4v) is 2.41. The Bertz CT molecular complexity index is 548. The molecule has 0 saturated carbocycles. The number of carboxylic acid groups (broad SMARTS) is 1. The number of anilines is 1. The lowest BCUT2D eigenvalue weighted by Gasteiger charge is -2.26. The Morgan fingerprint density at radius 2 is 1.64 bits per heavy atom. The SMILES string of the molecule is O=C([O-])CCC(=O)Nc1ccc(C(=O)N2CCCCC2)cc1. The lowest BCUT2D eigenvalue weighted by atomic mass is 10.1. The highest BCUT2D eigenvalue weighted by atomic mass is 16.4. The van der Waals surface area contributed by atoms with Gasteiger partial charge in [-0.15, -0.1) is 0 Å². The van der Waals surface area contributed by atoms with Crippen molar-refractivity contribution in [2.24, 2.45) is 0 Å². The normalized spacial score (nSPS) is 14.5. The van der Waals surface area contributed by atoms with Gasteiger partial charge in [-0.05, 0) is 49.9 Å². The van der Waals surface area contributed by atoms with Gasteiger partial charge >= 0.3 is 0 Å². The average molecular weight is 303 g/mol. The summed E-state index contributed by atoms with van der Waals surface area (Å²) in [4.78, 5) is 35.9. The van der Waals surface area contributed by atoms with E-state index in [-0.39, 0.29) is 24.7 Å². The zero-order valence-corrected chi connectivity index (χ0v) is 12.3. The zero-order chi connectivity index (χ0) is 15.9. The van der Waals surface area contributed by atoms with Gasteiger partial charge in [-0.2, -0.15) is 0 Å². The number of hydrogen-bond donors (Lipinski definition) is 1. The third-order valence-electron chi connectivity index (χ3n) is 3.62. The minimum Gasteiger partial charge on any atom is -0.550 e. The maximum absolute atomic E-state index is 12.3. The number of aliphatic carboxylic acids is 1. The van der Waals surface area contributed by atoms with Crippen LogP contribution in [0.2, 0.25) is 0 Å². The van der Waals surface area contributed by atoms with E-state index in [9.17, 15) is 19.5 Å². The summed E-state index contributed by atoms with van der Waals surface area (Å²) in [6, 6.07) is 6.64. The van der Waals surface area contributed by atoms with E-state index in [1.54, 1.807) is 24.3 Å². The van der Waals surface area contributed by atoms with Crippen LogP contribution in [0, 0.1) is 0 Å². The Morgan fingerprint density at radius 3 is 2.23 bits per heavy atom. The Balaban J connectivity index is 1.90. The number of piperidine rings is 1. The lowest BCUT2D eigenvalue weighted by molar-refractivity contribution is -0.305. The molecular weight excluding hydrogens is 284 g/mol. The number of carbonyl (C=O) groups is 3. The van der Waals surface area contributed by atoms with Crippen LogP contribution in [0.3, 0.4) is 0 Å². The van der Waals surface area contributed by atoms with Crippen LogP contribution in [-0.4, -0.2) is 35.8 Å². The van der Waals surface area contributed by atoms with Gasteiger partial charge in [0.25, 0.3) is 5.91 Å². The molecule has 1 fully saturated rings. The van der Waals surface area contributed by atoms with Crippen LogP contribution in [0.5, 0.6) is 0 Å². The van der Waals surface area contributed by atoms with Crippen molar-refractivity contribution in [3.05, 3.63) is 29.8 Å². The minimum absolute atomic E-state index is 0.00882. The van der Waals surface area contributed by atoms with Gasteiger partial charge < -0.3 is 20.1 Å². The molecular formula is C16H19N2O4-. The summed E-state index contributed by atoms with van der Waals surface area (Å²) in [6.45, 7) is 1.58. The van der Waals surface area contributed by atoms with Crippen LogP contribution < -0.4 is 10.4 Å². The molecule has 6 heteroatoms. The summed E-state index contributed by atoms with van der Waals surface area (Å²) in [7, 11) is 0. The molecule has 0 spiro atoms. The fourth-order valence-electron chi connectivity index (χ4n) is 2.41. The highest BCUT2D eigenvalue weighted by Gasteiger charge is 2.17. The number of benzene rings is 1. The largest absolute Gasteiger partial charge is 0.550 e. The van der Waals surface area contributed by atoms with Crippen molar-refractivity contribution >= 4 is 23.5 Å². The van der Waals surface area contributed by atoms with Crippen molar-refractivity contribution in [2.75, 3.05) is 18.4 Å². The predicted molar refractivity (Wildman–Crippen MR) is 79.1 cm³/mol. The second kappa shape index (κ2) is 7.59. The summed E-state index contributed by atoms with van der Waals surface area (Å²) in [6.07, 6.45) is 2.81. The quantitative estimate of drug-likeness (QED) is 0.870. The second-order valence-electron chi connectivity index (χ2n) is 5.35. The number of hydrogen-bond acceptors (Lipinski definition) is 4. The monoisotopic (exact) mass is 303 g/mol. The summed E-state index contributed by atoms with van der Waals surface area (Å²) in [5.41, 5.74) is 1.13. The van der Waals surface area contributed by atoms with Crippen molar-refractivity contribution in [3.8, 4) is 0 Å². The third kappa shape index (κ3) is 4.58. The number of likely N-dealkylation sites (tertiary alicyclic amines) is 1. The van der Waals surface area contributed by atoms with E-state index in [1.807, 2.05) is 4.90 Å². The smallest absolute Gasteiger partial charge is 0.253 e. The first-order chi connectivity index (χ1) is 10.6. The Labute approximate surface area is 129 Å². The van der Waals surface area contributed by atoms with Crippen LogP contribution in [0.4, 0.5) is 5.69 Å². The lowest BCUT2D eigenvalue weighted by Crippen LogP contribution is -2.35. The van der Waals surface area contributed by atoms with Gasteiger partial charge in [-0.3, -0.25) is 9.59 Å². The number of rotatable bonds is 5. The van der Waals surface area contributed by atoms with Crippen molar-refractivity contribution in [3.63, 3.8) is 0 Å². The number of carboxylic acids is 1. The maximum atomic E-state index is 12.3. The highest BCUT2D eigenvalue weighted by Crippen LogP contribution is 2.15. The molecule has 0 aliphatic carbocycles. The molecule has 0 aromatic heterocycles. The molecule has 1 heterocycles. The summed E-state index contributed by atoms with van der Waals surface area (Å²) < 4.78 is 0. The molecule has 1 aromatic carbocycles. The van der Waals surface area contributed by atoms with Gasteiger partial charge in [0.1, 0.15) is 0 Å². The van der Waals surface area contributed by atoms with E-state index < -0.39 is 5.97 Å². The van der Waals surface area contributed by atoms with Gasteiger partial charge in [0, 0.05) is 36.7 Å². The van der Waals surface area contributed by atoms with Gasteiger partial charge in [0.2, 0.25) is 5.91 Å². The van der Waals surface area contributed by atoms with Gasteiger partial charge in [-0.25, -0.2) is 0 Å². The molecule has 1 aliphatic rings. The average Bonchev–Trinajstić information content (AvgIpc) is 2.54.